The molecule has 2 unspecified atom stereocenters. The zero-order chi connectivity index (χ0) is 13.4. The molecule has 0 amide bonds. The number of carboxylic acids is 1. The van der Waals surface area contributed by atoms with E-state index < -0.39 is 5.97 Å². The third-order valence-corrected chi connectivity index (χ3v) is 3.06. The van der Waals surface area contributed by atoms with Gasteiger partial charge in [-0.05, 0) is 25.3 Å². The van der Waals surface area contributed by atoms with Crippen molar-refractivity contribution in [3.8, 4) is 0 Å². The Morgan fingerprint density at radius 2 is 1.94 bits per heavy atom. The molecular formula is C15H23NO2. The highest BCUT2D eigenvalue weighted by Gasteiger charge is 2.13. The van der Waals surface area contributed by atoms with Gasteiger partial charge < -0.3 is 10.4 Å². The first-order valence-electron chi connectivity index (χ1n) is 6.66. The molecule has 2 atom stereocenters. The van der Waals surface area contributed by atoms with Crippen molar-refractivity contribution in [2.24, 2.45) is 0 Å². The molecule has 0 saturated carbocycles. The van der Waals surface area contributed by atoms with E-state index in [1.807, 2.05) is 18.2 Å². The number of hydrogen-bond donors (Lipinski definition) is 2. The summed E-state index contributed by atoms with van der Waals surface area (Å²) in [6.07, 6.45) is 3.07. The van der Waals surface area contributed by atoms with Crippen molar-refractivity contribution in [3.05, 3.63) is 35.9 Å². The van der Waals surface area contributed by atoms with Crippen LogP contribution < -0.4 is 5.32 Å². The number of nitrogens with one attached hydrogen (secondary N) is 1. The van der Waals surface area contributed by atoms with Gasteiger partial charge in [-0.1, -0.05) is 43.7 Å². The molecule has 0 spiro atoms. The predicted molar refractivity (Wildman–Crippen MR) is 73.6 cm³/mol. The third-order valence-electron chi connectivity index (χ3n) is 3.06. The van der Waals surface area contributed by atoms with Gasteiger partial charge in [0, 0.05) is 18.5 Å². The first kappa shape index (κ1) is 14.7. The van der Waals surface area contributed by atoms with Crippen molar-refractivity contribution in [1.82, 2.24) is 5.32 Å². The van der Waals surface area contributed by atoms with Gasteiger partial charge in [0.1, 0.15) is 0 Å². The van der Waals surface area contributed by atoms with Crippen molar-refractivity contribution in [3.63, 3.8) is 0 Å². The zero-order valence-corrected chi connectivity index (χ0v) is 11.2. The van der Waals surface area contributed by atoms with Crippen LogP contribution in [0.2, 0.25) is 0 Å². The monoisotopic (exact) mass is 249 g/mol. The predicted octanol–water partition coefficient (Wildman–Crippen LogP) is 3.37. The Labute approximate surface area is 109 Å². The molecule has 1 aromatic carbocycles. The highest BCUT2D eigenvalue weighted by Crippen LogP contribution is 2.19. The van der Waals surface area contributed by atoms with E-state index in [4.69, 9.17) is 5.11 Å². The Hall–Kier alpha value is -1.35. The standard InChI is InChI=1S/C15H23NO2/c1-3-7-14(13-8-5-4-6-9-13)16-12(2)10-11-15(17)18/h4-6,8-9,12,14,16H,3,7,10-11H2,1-2H3,(H,17,18). The lowest BCUT2D eigenvalue weighted by molar-refractivity contribution is -0.137. The van der Waals surface area contributed by atoms with Gasteiger partial charge in [-0.3, -0.25) is 4.79 Å². The van der Waals surface area contributed by atoms with Gasteiger partial charge in [-0.15, -0.1) is 0 Å². The minimum Gasteiger partial charge on any atom is -0.481 e. The first-order chi connectivity index (χ1) is 8.63. The van der Waals surface area contributed by atoms with E-state index in [1.54, 1.807) is 0 Å². The van der Waals surface area contributed by atoms with Crippen molar-refractivity contribution in [2.45, 2.75) is 51.6 Å². The maximum Gasteiger partial charge on any atom is 0.303 e. The molecule has 0 fully saturated rings. The third kappa shape index (κ3) is 5.32. The Morgan fingerprint density at radius 1 is 1.28 bits per heavy atom. The van der Waals surface area contributed by atoms with Crippen molar-refractivity contribution < 1.29 is 9.90 Å². The van der Waals surface area contributed by atoms with Gasteiger partial charge in [-0.2, -0.15) is 0 Å². The summed E-state index contributed by atoms with van der Waals surface area (Å²) in [6, 6.07) is 10.9. The molecule has 3 heteroatoms. The van der Waals surface area contributed by atoms with Gasteiger partial charge in [0.05, 0.1) is 0 Å². The molecule has 0 radical (unpaired) electrons. The highest BCUT2D eigenvalue weighted by molar-refractivity contribution is 5.66. The lowest BCUT2D eigenvalue weighted by atomic mass is 10.0. The molecule has 1 aromatic rings. The van der Waals surface area contributed by atoms with Crippen LogP contribution >= 0.6 is 0 Å². The SMILES string of the molecule is CCCC(NC(C)CCC(=O)O)c1ccccc1. The summed E-state index contributed by atoms with van der Waals surface area (Å²) >= 11 is 0. The van der Waals surface area contributed by atoms with Gasteiger partial charge in [-0.25, -0.2) is 0 Å². The fraction of sp³-hybridized carbons (Fsp3) is 0.533. The second-order valence-corrected chi connectivity index (χ2v) is 4.75. The Balaban J connectivity index is 2.55. The van der Waals surface area contributed by atoms with Crippen LogP contribution in [0.5, 0.6) is 0 Å². The summed E-state index contributed by atoms with van der Waals surface area (Å²) in [4.78, 5) is 10.6. The van der Waals surface area contributed by atoms with Gasteiger partial charge >= 0.3 is 5.97 Å². The number of rotatable bonds is 8. The minimum atomic E-state index is -0.726. The van der Waals surface area contributed by atoms with Crippen LogP contribution in [-0.2, 0) is 4.79 Å². The quantitative estimate of drug-likeness (QED) is 0.742. The van der Waals surface area contributed by atoms with E-state index in [9.17, 15) is 4.79 Å². The molecule has 0 saturated heterocycles. The average Bonchev–Trinajstić information content (AvgIpc) is 2.37. The number of hydrogen-bond acceptors (Lipinski definition) is 2. The number of carboxylic acid groups (broad SMARTS) is 1. The molecule has 100 valence electrons. The number of benzene rings is 1. The molecular weight excluding hydrogens is 226 g/mol. The largest absolute Gasteiger partial charge is 0.481 e. The molecule has 0 aliphatic carbocycles. The van der Waals surface area contributed by atoms with Crippen LogP contribution in [0.25, 0.3) is 0 Å². The number of carbonyl (C=O) groups is 1. The lowest BCUT2D eigenvalue weighted by Gasteiger charge is -2.23. The second-order valence-electron chi connectivity index (χ2n) is 4.75. The highest BCUT2D eigenvalue weighted by atomic mass is 16.4. The molecule has 0 aromatic heterocycles. The molecule has 18 heavy (non-hydrogen) atoms. The maximum absolute atomic E-state index is 10.6. The van der Waals surface area contributed by atoms with Crippen LogP contribution in [-0.4, -0.2) is 17.1 Å². The summed E-state index contributed by atoms with van der Waals surface area (Å²) in [5.74, 6) is -0.726. The lowest BCUT2D eigenvalue weighted by Crippen LogP contribution is -2.31. The van der Waals surface area contributed by atoms with Crippen LogP contribution in [0, 0.1) is 0 Å². The molecule has 2 N–H and O–H groups in total. The van der Waals surface area contributed by atoms with Crippen LogP contribution in [0.15, 0.2) is 30.3 Å². The Bertz CT molecular complexity index is 351. The van der Waals surface area contributed by atoms with E-state index in [1.165, 1.54) is 5.56 Å². The Kier molecular flexibility index (Phi) is 6.44. The fourth-order valence-electron chi connectivity index (χ4n) is 2.09. The minimum absolute atomic E-state index is 0.220. The van der Waals surface area contributed by atoms with E-state index in [2.05, 4.69) is 31.3 Å². The van der Waals surface area contributed by atoms with Crippen LogP contribution in [0.1, 0.15) is 51.1 Å². The summed E-state index contributed by atoms with van der Waals surface area (Å²) in [7, 11) is 0. The molecule has 0 heterocycles. The fourth-order valence-corrected chi connectivity index (χ4v) is 2.09. The molecule has 0 bridgehead atoms. The van der Waals surface area contributed by atoms with E-state index in [0.717, 1.165) is 12.8 Å². The summed E-state index contributed by atoms with van der Waals surface area (Å²) in [5, 5.41) is 12.2. The van der Waals surface area contributed by atoms with Gasteiger partial charge in [0.15, 0.2) is 0 Å². The molecule has 0 aliphatic heterocycles. The first-order valence-corrected chi connectivity index (χ1v) is 6.66. The normalized spacial score (nSPS) is 14.1. The van der Waals surface area contributed by atoms with E-state index in [0.29, 0.717) is 12.5 Å². The van der Waals surface area contributed by atoms with E-state index in [-0.39, 0.29) is 12.5 Å². The second kappa shape index (κ2) is 7.88. The number of aliphatic carboxylic acids is 1. The van der Waals surface area contributed by atoms with Crippen molar-refractivity contribution in [2.75, 3.05) is 0 Å². The van der Waals surface area contributed by atoms with Crippen LogP contribution in [0.3, 0.4) is 0 Å². The average molecular weight is 249 g/mol. The Morgan fingerprint density at radius 3 is 2.50 bits per heavy atom. The summed E-state index contributed by atoms with van der Waals surface area (Å²) < 4.78 is 0. The van der Waals surface area contributed by atoms with Gasteiger partial charge in [0.2, 0.25) is 0 Å². The molecule has 3 nitrogen and oxygen atoms in total. The zero-order valence-electron chi connectivity index (χ0n) is 11.2. The van der Waals surface area contributed by atoms with Crippen molar-refractivity contribution >= 4 is 5.97 Å². The summed E-state index contributed by atoms with van der Waals surface area (Å²) in [5.41, 5.74) is 1.28. The van der Waals surface area contributed by atoms with E-state index >= 15 is 0 Å². The maximum atomic E-state index is 10.6. The molecule has 1 rings (SSSR count). The smallest absolute Gasteiger partial charge is 0.303 e. The molecule has 0 aliphatic rings. The van der Waals surface area contributed by atoms with Crippen LogP contribution in [0.4, 0.5) is 0 Å². The summed E-state index contributed by atoms with van der Waals surface area (Å²) in [6.45, 7) is 4.22. The van der Waals surface area contributed by atoms with Gasteiger partial charge in [0.25, 0.3) is 0 Å². The topological polar surface area (TPSA) is 49.3 Å². The van der Waals surface area contributed by atoms with Crippen molar-refractivity contribution in [1.29, 1.82) is 0 Å².